The van der Waals surface area contributed by atoms with Crippen molar-refractivity contribution in [2.24, 2.45) is 5.92 Å². The molecule has 1 aromatic carbocycles. The number of carbonyl (C=O) groups is 1. The van der Waals surface area contributed by atoms with E-state index >= 15 is 0 Å². The summed E-state index contributed by atoms with van der Waals surface area (Å²) >= 11 is 0. The van der Waals surface area contributed by atoms with Crippen LogP contribution in [0.2, 0.25) is 0 Å². The number of para-hydroxylation sites is 1. The van der Waals surface area contributed by atoms with Gasteiger partial charge >= 0.3 is 5.97 Å². The lowest BCUT2D eigenvalue weighted by Crippen LogP contribution is -2.13. The molecule has 0 saturated carbocycles. The van der Waals surface area contributed by atoms with Crippen molar-refractivity contribution in [2.45, 2.75) is 20.3 Å². The Kier molecular flexibility index (Phi) is 4.76. The number of carboxylic acids is 1. The molecule has 0 bridgehead atoms. The van der Waals surface area contributed by atoms with E-state index < -0.39 is 11.9 Å². The average Bonchev–Trinajstić information content (AvgIpc) is 2.27. The number of rotatable bonds is 6. The highest BCUT2D eigenvalue weighted by atomic mass is 16.5. The van der Waals surface area contributed by atoms with Crippen molar-refractivity contribution in [3.63, 3.8) is 0 Å². The van der Waals surface area contributed by atoms with Crippen molar-refractivity contribution in [3.05, 3.63) is 42.0 Å². The van der Waals surface area contributed by atoms with Gasteiger partial charge in [-0.1, -0.05) is 31.7 Å². The highest BCUT2D eigenvalue weighted by Gasteiger charge is 2.14. The molecule has 0 heterocycles. The van der Waals surface area contributed by atoms with E-state index in [0.717, 1.165) is 16.9 Å². The average molecular weight is 234 g/mol. The van der Waals surface area contributed by atoms with Crippen molar-refractivity contribution in [3.8, 4) is 5.75 Å². The Morgan fingerprint density at radius 1 is 1.47 bits per heavy atom. The van der Waals surface area contributed by atoms with Gasteiger partial charge in [0.05, 0.1) is 5.92 Å². The van der Waals surface area contributed by atoms with Crippen LogP contribution in [0, 0.1) is 5.92 Å². The molecule has 0 spiro atoms. The first kappa shape index (κ1) is 13.3. The van der Waals surface area contributed by atoms with E-state index in [2.05, 4.69) is 6.58 Å². The van der Waals surface area contributed by atoms with Crippen LogP contribution in [0.25, 0.3) is 0 Å². The standard InChI is InChI=1S/C14H18O3/c1-10(2)9-17-13-7-5-4-6-12(13)8-11(3)14(15)16/h4-7,11H,1,8-9H2,2-3H3,(H,15,16). The Morgan fingerprint density at radius 3 is 2.71 bits per heavy atom. The normalized spacial score (nSPS) is 11.9. The first-order valence-corrected chi connectivity index (χ1v) is 5.58. The Labute approximate surface area is 102 Å². The summed E-state index contributed by atoms with van der Waals surface area (Å²) in [5.41, 5.74) is 1.86. The van der Waals surface area contributed by atoms with E-state index in [1.165, 1.54) is 0 Å². The summed E-state index contributed by atoms with van der Waals surface area (Å²) in [7, 11) is 0. The smallest absolute Gasteiger partial charge is 0.306 e. The lowest BCUT2D eigenvalue weighted by Gasteiger charge is -2.13. The Bertz CT molecular complexity index is 410. The number of hydrogen-bond acceptors (Lipinski definition) is 2. The number of aliphatic carboxylic acids is 1. The molecular weight excluding hydrogens is 216 g/mol. The zero-order chi connectivity index (χ0) is 12.8. The zero-order valence-electron chi connectivity index (χ0n) is 10.3. The van der Waals surface area contributed by atoms with Crippen molar-refractivity contribution in [1.29, 1.82) is 0 Å². The van der Waals surface area contributed by atoms with Crippen molar-refractivity contribution < 1.29 is 14.6 Å². The molecule has 3 heteroatoms. The molecule has 0 radical (unpaired) electrons. The van der Waals surface area contributed by atoms with Gasteiger partial charge in [-0.2, -0.15) is 0 Å². The molecule has 1 unspecified atom stereocenters. The number of ether oxygens (including phenoxy) is 1. The second-order valence-corrected chi connectivity index (χ2v) is 4.30. The van der Waals surface area contributed by atoms with Gasteiger partial charge < -0.3 is 9.84 Å². The van der Waals surface area contributed by atoms with E-state index in [4.69, 9.17) is 9.84 Å². The highest BCUT2D eigenvalue weighted by molar-refractivity contribution is 5.70. The molecule has 0 amide bonds. The van der Waals surface area contributed by atoms with E-state index in [1.807, 2.05) is 31.2 Å². The minimum Gasteiger partial charge on any atom is -0.489 e. The Balaban J connectivity index is 2.77. The molecule has 0 saturated heterocycles. The second kappa shape index (κ2) is 6.09. The van der Waals surface area contributed by atoms with Crippen molar-refractivity contribution >= 4 is 5.97 Å². The summed E-state index contributed by atoms with van der Waals surface area (Å²) < 4.78 is 5.59. The van der Waals surface area contributed by atoms with Gasteiger partial charge in [0.1, 0.15) is 12.4 Å². The third kappa shape index (κ3) is 4.31. The van der Waals surface area contributed by atoms with Crippen LogP contribution in [0.5, 0.6) is 5.75 Å². The Hall–Kier alpha value is -1.77. The summed E-state index contributed by atoms with van der Waals surface area (Å²) in [5, 5.41) is 8.90. The first-order valence-electron chi connectivity index (χ1n) is 5.58. The molecule has 3 nitrogen and oxygen atoms in total. The van der Waals surface area contributed by atoms with E-state index in [9.17, 15) is 4.79 Å². The van der Waals surface area contributed by atoms with Crippen LogP contribution in [0.3, 0.4) is 0 Å². The molecule has 1 atom stereocenters. The monoisotopic (exact) mass is 234 g/mol. The van der Waals surface area contributed by atoms with Crippen LogP contribution in [0.4, 0.5) is 0 Å². The zero-order valence-corrected chi connectivity index (χ0v) is 10.3. The maximum Gasteiger partial charge on any atom is 0.306 e. The van der Waals surface area contributed by atoms with Crippen molar-refractivity contribution in [2.75, 3.05) is 6.61 Å². The van der Waals surface area contributed by atoms with Crippen LogP contribution in [-0.4, -0.2) is 17.7 Å². The minimum absolute atomic E-state index is 0.412. The maximum absolute atomic E-state index is 10.8. The molecule has 0 aliphatic heterocycles. The molecule has 0 aliphatic rings. The van der Waals surface area contributed by atoms with Crippen LogP contribution in [-0.2, 0) is 11.2 Å². The summed E-state index contributed by atoms with van der Waals surface area (Å²) in [5.74, 6) is -0.465. The molecule has 0 aromatic heterocycles. The maximum atomic E-state index is 10.8. The van der Waals surface area contributed by atoms with Gasteiger partial charge in [-0.05, 0) is 30.5 Å². The molecule has 1 N–H and O–H groups in total. The van der Waals surface area contributed by atoms with Gasteiger partial charge in [0.2, 0.25) is 0 Å². The summed E-state index contributed by atoms with van der Waals surface area (Å²) in [4.78, 5) is 10.8. The topological polar surface area (TPSA) is 46.5 Å². The lowest BCUT2D eigenvalue weighted by molar-refractivity contribution is -0.141. The van der Waals surface area contributed by atoms with E-state index in [0.29, 0.717) is 13.0 Å². The van der Waals surface area contributed by atoms with E-state index in [-0.39, 0.29) is 0 Å². The summed E-state index contributed by atoms with van der Waals surface area (Å²) in [6, 6.07) is 7.51. The lowest BCUT2D eigenvalue weighted by atomic mass is 10.0. The van der Waals surface area contributed by atoms with Crippen LogP contribution >= 0.6 is 0 Å². The van der Waals surface area contributed by atoms with Crippen LogP contribution < -0.4 is 4.74 Å². The minimum atomic E-state index is -0.792. The fraction of sp³-hybridized carbons (Fsp3) is 0.357. The molecular formula is C14H18O3. The van der Waals surface area contributed by atoms with Gasteiger partial charge in [-0.25, -0.2) is 0 Å². The fourth-order valence-corrected chi connectivity index (χ4v) is 1.43. The first-order chi connectivity index (χ1) is 8.00. The highest BCUT2D eigenvalue weighted by Crippen LogP contribution is 2.21. The largest absolute Gasteiger partial charge is 0.489 e. The van der Waals surface area contributed by atoms with Crippen LogP contribution in [0.1, 0.15) is 19.4 Å². The number of carboxylic acid groups (broad SMARTS) is 1. The number of hydrogen-bond donors (Lipinski definition) is 1. The molecule has 1 aromatic rings. The summed E-state index contributed by atoms with van der Waals surface area (Å²) in [6.07, 6.45) is 0.474. The molecule has 1 rings (SSSR count). The quantitative estimate of drug-likeness (QED) is 0.770. The third-order valence-electron chi connectivity index (χ3n) is 2.39. The van der Waals surface area contributed by atoms with Gasteiger partial charge in [0, 0.05) is 0 Å². The fourth-order valence-electron chi connectivity index (χ4n) is 1.43. The van der Waals surface area contributed by atoms with Gasteiger partial charge in [0.15, 0.2) is 0 Å². The number of benzene rings is 1. The van der Waals surface area contributed by atoms with Gasteiger partial charge in [-0.3, -0.25) is 4.79 Å². The predicted octanol–water partition coefficient (Wildman–Crippen LogP) is 2.90. The predicted molar refractivity (Wildman–Crippen MR) is 67.3 cm³/mol. The molecule has 92 valence electrons. The second-order valence-electron chi connectivity index (χ2n) is 4.30. The van der Waals surface area contributed by atoms with Gasteiger partial charge in [0.25, 0.3) is 0 Å². The Morgan fingerprint density at radius 2 is 2.12 bits per heavy atom. The van der Waals surface area contributed by atoms with Crippen LogP contribution in [0.15, 0.2) is 36.4 Å². The van der Waals surface area contributed by atoms with Crippen molar-refractivity contribution in [1.82, 2.24) is 0 Å². The summed E-state index contributed by atoms with van der Waals surface area (Å²) in [6.45, 7) is 7.81. The van der Waals surface area contributed by atoms with E-state index in [1.54, 1.807) is 6.92 Å². The molecule has 17 heavy (non-hydrogen) atoms. The van der Waals surface area contributed by atoms with Gasteiger partial charge in [-0.15, -0.1) is 0 Å². The molecule has 0 aliphatic carbocycles. The SMILES string of the molecule is C=C(C)COc1ccccc1CC(C)C(=O)O. The molecule has 0 fully saturated rings. The third-order valence-corrected chi connectivity index (χ3v) is 2.39.